The van der Waals surface area contributed by atoms with E-state index >= 15 is 0 Å². The first-order chi connectivity index (χ1) is 31.9. The third-order valence-corrected chi connectivity index (χ3v) is 10.2. The summed E-state index contributed by atoms with van der Waals surface area (Å²) in [5, 5.41) is 54.7. The molecule has 0 aliphatic rings. The molecule has 0 saturated carbocycles. The summed E-state index contributed by atoms with van der Waals surface area (Å²) in [6, 6.07) is 47.1. The van der Waals surface area contributed by atoms with Gasteiger partial charge in [0.2, 0.25) is 15.9 Å². The lowest BCUT2D eigenvalue weighted by Crippen LogP contribution is -2.02. The molecule has 5 N–H and O–H groups in total. The molecule has 10 rings (SSSR count). The molecular weight excluding hydrogens is 927 g/mol. The van der Waals surface area contributed by atoms with Gasteiger partial charge in [0.15, 0.2) is 17.5 Å². The highest BCUT2D eigenvalue weighted by molar-refractivity contribution is 6.33. The summed E-state index contributed by atoms with van der Waals surface area (Å²) in [5.41, 5.74) is 1.41. The van der Waals surface area contributed by atoms with Crippen LogP contribution >= 0.6 is 34.8 Å². The molecule has 16 heteroatoms. The van der Waals surface area contributed by atoms with E-state index in [0.29, 0.717) is 28.3 Å². The Morgan fingerprint density at radius 2 is 0.868 bits per heavy atom. The number of hydrogen-bond donors (Lipinski definition) is 5. The Labute approximate surface area is 407 Å². The van der Waals surface area contributed by atoms with Crippen molar-refractivity contribution in [1.29, 1.82) is 0 Å². The number of aromatic hydroxyl groups is 5. The van der Waals surface area contributed by atoms with Crippen LogP contribution in [0, 0.1) is 0 Å². The summed E-state index contributed by atoms with van der Waals surface area (Å²) in [4.78, 5) is 24.6. The minimum absolute atomic E-state index is 0. The second-order valence-corrected chi connectivity index (χ2v) is 14.9. The molecule has 0 aliphatic heterocycles. The maximum Gasteiger partial charge on any atom is 0.227 e. The van der Waals surface area contributed by atoms with Gasteiger partial charge in [-0.15, -0.1) is 0 Å². The van der Waals surface area contributed by atoms with Crippen molar-refractivity contribution in [2.75, 3.05) is 14.2 Å². The molecule has 0 fully saturated rings. The van der Waals surface area contributed by atoms with Gasteiger partial charge in [-0.25, -0.2) is 15.0 Å². The van der Waals surface area contributed by atoms with E-state index in [0.717, 1.165) is 27.3 Å². The number of phenols is 5. The van der Waals surface area contributed by atoms with Gasteiger partial charge in [-0.2, -0.15) is 15.0 Å². The number of fused-ring (bicyclic) bond motifs is 3. The SMILES string of the molecule is C.C.COc1ccc2ccccc2c1.COc1ccc2ccccc2c1-c1nc(-c2ccc(O)cc2O)nc(-c2c(O)ccc3ccccc23)n1.Clc1nc(Cl)nc(Cl)n1.Oc1cccc(O)c1. The van der Waals surface area contributed by atoms with Crippen LogP contribution in [0.3, 0.4) is 0 Å². The number of phenolic OH excluding ortho intramolecular Hbond substituents is 5. The van der Waals surface area contributed by atoms with Crippen LogP contribution in [-0.2, 0) is 0 Å². The fraction of sp³-hybridized carbons (Fsp3) is 0.0769. The Balaban J connectivity index is 0.000000225. The van der Waals surface area contributed by atoms with E-state index in [2.05, 4.69) is 38.1 Å². The van der Waals surface area contributed by atoms with Crippen molar-refractivity contribution in [2.24, 2.45) is 0 Å². The van der Waals surface area contributed by atoms with E-state index < -0.39 is 0 Å². The van der Waals surface area contributed by atoms with Gasteiger partial charge in [-0.05, 0) is 116 Å². The van der Waals surface area contributed by atoms with Crippen LogP contribution in [0.4, 0.5) is 0 Å². The summed E-state index contributed by atoms with van der Waals surface area (Å²) in [7, 11) is 3.27. The first kappa shape index (κ1) is 51.0. The zero-order valence-corrected chi connectivity index (χ0v) is 37.1. The Hall–Kier alpha value is -7.97. The van der Waals surface area contributed by atoms with E-state index in [1.54, 1.807) is 26.4 Å². The normalized spacial score (nSPS) is 10.2. The summed E-state index contributed by atoms with van der Waals surface area (Å²) in [6.45, 7) is 0. The number of hydrogen-bond acceptors (Lipinski definition) is 13. The smallest absolute Gasteiger partial charge is 0.227 e. The second-order valence-electron chi connectivity index (χ2n) is 13.9. The zero-order valence-electron chi connectivity index (χ0n) is 34.9. The largest absolute Gasteiger partial charge is 0.508 e. The van der Waals surface area contributed by atoms with E-state index in [1.807, 2.05) is 91.0 Å². The highest BCUT2D eigenvalue weighted by atomic mass is 35.5. The van der Waals surface area contributed by atoms with Crippen molar-refractivity contribution in [3.05, 3.63) is 174 Å². The number of methoxy groups -OCH3 is 2. The molecule has 0 amide bonds. The summed E-state index contributed by atoms with van der Waals surface area (Å²) >= 11 is 16.0. The molecule has 8 aromatic carbocycles. The minimum atomic E-state index is -0.185. The molecule has 0 atom stereocenters. The first-order valence-electron chi connectivity index (χ1n) is 19.7. The highest BCUT2D eigenvalue weighted by Gasteiger charge is 2.21. The molecule has 0 saturated heterocycles. The molecule has 0 aliphatic carbocycles. The second kappa shape index (κ2) is 23.5. The van der Waals surface area contributed by atoms with Crippen LogP contribution < -0.4 is 9.47 Å². The number of rotatable bonds is 5. The van der Waals surface area contributed by atoms with Crippen molar-refractivity contribution in [3.8, 4) is 74.4 Å². The molecule has 10 aromatic rings. The van der Waals surface area contributed by atoms with Gasteiger partial charge in [0.1, 0.15) is 40.2 Å². The number of ether oxygens (including phenoxy) is 2. The van der Waals surface area contributed by atoms with Gasteiger partial charge < -0.3 is 35.0 Å². The zero-order chi connectivity index (χ0) is 46.7. The van der Waals surface area contributed by atoms with Gasteiger partial charge in [0.25, 0.3) is 0 Å². The van der Waals surface area contributed by atoms with Crippen LogP contribution in [0.1, 0.15) is 14.9 Å². The molecule has 2 heterocycles. The summed E-state index contributed by atoms with van der Waals surface area (Å²) in [6.07, 6.45) is 0. The molecular formula is C52H45Cl3N6O7. The van der Waals surface area contributed by atoms with Crippen molar-refractivity contribution >= 4 is 67.1 Å². The standard InChI is InChI=1S/C30H21N3O4.C11H10O.C6H6O2.C3Cl3N3.2CH4/c1-37-25-15-11-18-7-3-5-9-21(18)27(25)30-32-28(22-13-12-19(34)16-24(22)36)31-29(33-30)26-20-8-4-2-6-17(20)10-14-23(26)35;1-12-11-7-6-9-4-2-3-5-10(9)8-11;7-5-2-1-3-6(8)4-5;4-1-7-2(5)9-3(6)8-1;;/h2-16,34-36H,1H3;2-8H,1H3;1-4,7-8H;;2*1H4. The van der Waals surface area contributed by atoms with E-state index in [4.69, 9.17) is 64.5 Å². The maximum atomic E-state index is 10.9. The fourth-order valence-electron chi connectivity index (χ4n) is 6.67. The average Bonchev–Trinajstić information content (AvgIpc) is 3.31. The molecule has 0 spiro atoms. The molecule has 68 heavy (non-hydrogen) atoms. The van der Waals surface area contributed by atoms with Gasteiger partial charge in [0.05, 0.1) is 30.9 Å². The van der Waals surface area contributed by atoms with E-state index in [1.165, 1.54) is 47.2 Å². The van der Waals surface area contributed by atoms with Crippen molar-refractivity contribution in [3.63, 3.8) is 0 Å². The Bertz CT molecular complexity index is 3260. The third kappa shape index (κ3) is 12.5. The first-order valence-corrected chi connectivity index (χ1v) is 20.8. The molecule has 13 nitrogen and oxygen atoms in total. The maximum absolute atomic E-state index is 10.9. The van der Waals surface area contributed by atoms with Crippen LogP contribution in [0.25, 0.3) is 66.5 Å². The van der Waals surface area contributed by atoms with E-state index in [9.17, 15) is 15.3 Å². The van der Waals surface area contributed by atoms with Crippen molar-refractivity contribution < 1.29 is 35.0 Å². The van der Waals surface area contributed by atoms with E-state index in [-0.39, 0.29) is 71.1 Å². The Kier molecular flexibility index (Phi) is 17.6. The van der Waals surface area contributed by atoms with Crippen molar-refractivity contribution in [1.82, 2.24) is 29.9 Å². The van der Waals surface area contributed by atoms with Crippen molar-refractivity contribution in [2.45, 2.75) is 14.9 Å². The topological polar surface area (TPSA) is 197 Å². The quantitative estimate of drug-likeness (QED) is 0.109. The van der Waals surface area contributed by atoms with Gasteiger partial charge in [-0.3, -0.25) is 0 Å². The summed E-state index contributed by atoms with van der Waals surface area (Å²) < 4.78 is 10.8. The molecule has 0 bridgehead atoms. The van der Waals surface area contributed by atoms with Crippen LogP contribution in [0.5, 0.6) is 40.2 Å². The number of halogens is 3. The minimum Gasteiger partial charge on any atom is -0.508 e. The Morgan fingerprint density at radius 3 is 1.41 bits per heavy atom. The number of aromatic nitrogens is 6. The molecule has 2 aromatic heterocycles. The lowest BCUT2D eigenvalue weighted by atomic mass is 10.0. The lowest BCUT2D eigenvalue weighted by Gasteiger charge is -2.15. The predicted molar refractivity (Wildman–Crippen MR) is 271 cm³/mol. The summed E-state index contributed by atoms with van der Waals surface area (Å²) in [5.74, 6) is 2.13. The number of nitrogens with zero attached hydrogens (tertiary/aromatic N) is 6. The molecule has 0 radical (unpaired) electrons. The molecule has 0 unspecified atom stereocenters. The lowest BCUT2D eigenvalue weighted by molar-refractivity contribution is 0.415. The van der Waals surface area contributed by atoms with Gasteiger partial charge in [-0.1, -0.05) is 112 Å². The van der Waals surface area contributed by atoms with Crippen LogP contribution in [0.15, 0.2) is 158 Å². The van der Waals surface area contributed by atoms with Gasteiger partial charge in [0, 0.05) is 12.1 Å². The highest BCUT2D eigenvalue weighted by Crippen LogP contribution is 2.41. The monoisotopic (exact) mass is 970 g/mol. The van der Waals surface area contributed by atoms with Gasteiger partial charge >= 0.3 is 0 Å². The number of benzene rings is 8. The third-order valence-electron chi connectivity index (χ3n) is 9.66. The Morgan fingerprint density at radius 1 is 0.382 bits per heavy atom. The van der Waals surface area contributed by atoms with Crippen LogP contribution in [-0.4, -0.2) is 69.7 Å². The molecule has 346 valence electrons. The fourth-order valence-corrected chi connectivity index (χ4v) is 7.28. The van der Waals surface area contributed by atoms with Crippen LogP contribution in [0.2, 0.25) is 15.9 Å². The average molecular weight is 972 g/mol. The predicted octanol–water partition coefficient (Wildman–Crippen LogP) is 13.4.